The van der Waals surface area contributed by atoms with E-state index in [2.05, 4.69) is 21.2 Å². The summed E-state index contributed by atoms with van der Waals surface area (Å²) in [6, 6.07) is 8.25. The lowest BCUT2D eigenvalue weighted by atomic mass is 10.2. The molecule has 0 saturated carbocycles. The number of benzene rings is 2. The SMILES string of the molecule is CCOP(=O)(OCC)c1cc(Br)ccc1N(C)C(=O)Nc1cccc(C(F)(F)F)c1. The van der Waals surface area contributed by atoms with Crippen molar-refractivity contribution in [1.29, 1.82) is 0 Å². The van der Waals surface area contributed by atoms with Gasteiger partial charge in [-0.3, -0.25) is 9.46 Å². The minimum absolute atomic E-state index is 0.0295. The highest BCUT2D eigenvalue weighted by Crippen LogP contribution is 2.49. The number of urea groups is 1. The van der Waals surface area contributed by atoms with Gasteiger partial charge < -0.3 is 14.4 Å². The molecule has 0 aromatic heterocycles. The van der Waals surface area contributed by atoms with Gasteiger partial charge in [-0.2, -0.15) is 13.2 Å². The molecule has 0 radical (unpaired) electrons. The molecule has 0 spiro atoms. The highest BCUT2D eigenvalue weighted by atomic mass is 79.9. The quantitative estimate of drug-likeness (QED) is 0.463. The first-order valence-corrected chi connectivity index (χ1v) is 11.3. The Morgan fingerprint density at radius 1 is 1.13 bits per heavy atom. The van der Waals surface area contributed by atoms with Crippen LogP contribution in [0.3, 0.4) is 0 Å². The number of alkyl halides is 3. The molecule has 0 unspecified atom stereocenters. The maximum atomic E-state index is 13.3. The van der Waals surface area contributed by atoms with Crippen molar-refractivity contribution in [3.05, 3.63) is 52.5 Å². The molecule has 0 fully saturated rings. The standard InChI is InChI=1S/C19H21BrF3N2O4P/c1-4-28-30(27,29-5-2)17-12-14(20)9-10-16(17)25(3)18(26)24-15-8-6-7-13(11-15)19(21,22)23/h6-12H,4-5H2,1-3H3,(H,24,26). The number of nitrogens with one attached hydrogen (secondary N) is 1. The summed E-state index contributed by atoms with van der Waals surface area (Å²) < 4.78 is 63.4. The number of carbonyl (C=O) groups excluding carboxylic acids is 1. The van der Waals surface area contributed by atoms with Gasteiger partial charge in [0.1, 0.15) is 0 Å². The van der Waals surface area contributed by atoms with Crippen molar-refractivity contribution in [2.75, 3.05) is 30.5 Å². The molecule has 2 aromatic rings. The first kappa shape index (κ1) is 24.4. The van der Waals surface area contributed by atoms with Crippen LogP contribution >= 0.6 is 23.5 Å². The molecule has 0 heterocycles. The van der Waals surface area contributed by atoms with E-state index in [0.29, 0.717) is 4.47 Å². The van der Waals surface area contributed by atoms with Gasteiger partial charge in [0, 0.05) is 17.2 Å². The highest BCUT2D eigenvalue weighted by molar-refractivity contribution is 9.10. The smallest absolute Gasteiger partial charge is 0.308 e. The largest absolute Gasteiger partial charge is 0.416 e. The van der Waals surface area contributed by atoms with Crippen LogP contribution in [0.1, 0.15) is 19.4 Å². The fraction of sp³-hybridized carbons (Fsp3) is 0.316. The summed E-state index contributed by atoms with van der Waals surface area (Å²) >= 11 is 3.30. The molecule has 0 aliphatic rings. The van der Waals surface area contributed by atoms with E-state index in [0.717, 1.165) is 17.0 Å². The second-order valence-electron chi connectivity index (χ2n) is 6.03. The van der Waals surface area contributed by atoms with E-state index in [-0.39, 0.29) is 29.9 Å². The maximum Gasteiger partial charge on any atom is 0.416 e. The van der Waals surface area contributed by atoms with E-state index in [1.165, 1.54) is 31.3 Å². The lowest BCUT2D eigenvalue weighted by molar-refractivity contribution is -0.137. The second-order valence-corrected chi connectivity index (χ2v) is 8.94. The topological polar surface area (TPSA) is 67.9 Å². The fourth-order valence-corrected chi connectivity index (χ4v) is 4.98. The van der Waals surface area contributed by atoms with Crippen molar-refractivity contribution in [2.24, 2.45) is 0 Å². The number of nitrogens with zero attached hydrogens (tertiary/aromatic N) is 1. The Balaban J connectivity index is 2.38. The van der Waals surface area contributed by atoms with E-state index in [9.17, 15) is 22.5 Å². The van der Waals surface area contributed by atoms with Gasteiger partial charge in [0.2, 0.25) is 0 Å². The van der Waals surface area contributed by atoms with Crippen molar-refractivity contribution >= 4 is 46.2 Å². The van der Waals surface area contributed by atoms with Crippen LogP contribution in [0.2, 0.25) is 0 Å². The summed E-state index contributed by atoms with van der Waals surface area (Å²) in [6.45, 7) is 3.55. The van der Waals surface area contributed by atoms with Gasteiger partial charge in [-0.25, -0.2) is 4.79 Å². The zero-order valence-electron chi connectivity index (χ0n) is 16.5. The summed E-state index contributed by atoms with van der Waals surface area (Å²) in [5, 5.41) is 2.57. The zero-order chi connectivity index (χ0) is 22.5. The lowest BCUT2D eigenvalue weighted by Gasteiger charge is -2.25. The van der Waals surface area contributed by atoms with Gasteiger partial charge in [0.25, 0.3) is 0 Å². The molecule has 11 heteroatoms. The molecule has 6 nitrogen and oxygen atoms in total. The first-order valence-electron chi connectivity index (χ1n) is 8.93. The van der Waals surface area contributed by atoms with Crippen molar-refractivity contribution in [1.82, 2.24) is 0 Å². The Kier molecular flexibility index (Phi) is 8.10. The number of carbonyl (C=O) groups is 1. The van der Waals surface area contributed by atoms with Crippen molar-refractivity contribution in [2.45, 2.75) is 20.0 Å². The highest BCUT2D eigenvalue weighted by Gasteiger charge is 2.33. The van der Waals surface area contributed by atoms with Crippen molar-refractivity contribution in [3.63, 3.8) is 0 Å². The molecule has 0 aliphatic carbocycles. The molecule has 0 bridgehead atoms. The van der Waals surface area contributed by atoms with E-state index >= 15 is 0 Å². The maximum absolute atomic E-state index is 13.3. The fourth-order valence-electron chi connectivity index (χ4n) is 2.61. The molecule has 1 N–H and O–H groups in total. The predicted molar refractivity (Wildman–Crippen MR) is 114 cm³/mol. The summed E-state index contributed by atoms with van der Waals surface area (Å²) in [5.41, 5.74) is -0.685. The third-order valence-corrected chi connectivity index (χ3v) is 6.58. The molecule has 30 heavy (non-hydrogen) atoms. The summed E-state index contributed by atoms with van der Waals surface area (Å²) in [7, 11) is -2.34. The Morgan fingerprint density at radius 3 is 2.33 bits per heavy atom. The molecule has 2 aromatic carbocycles. The summed E-state index contributed by atoms with van der Waals surface area (Å²) in [6.07, 6.45) is -4.53. The molecule has 2 amide bonds. The number of hydrogen-bond acceptors (Lipinski definition) is 4. The number of amides is 2. The van der Waals surface area contributed by atoms with Crippen LogP contribution in [0.4, 0.5) is 29.3 Å². The van der Waals surface area contributed by atoms with Crippen molar-refractivity contribution in [3.8, 4) is 0 Å². The van der Waals surface area contributed by atoms with Crippen LogP contribution in [0.15, 0.2) is 46.9 Å². The number of halogens is 4. The van der Waals surface area contributed by atoms with Gasteiger partial charge in [0.05, 0.1) is 29.8 Å². The van der Waals surface area contributed by atoms with Crippen LogP contribution in [-0.2, 0) is 19.8 Å². The Labute approximate surface area is 181 Å². The van der Waals surface area contributed by atoms with Gasteiger partial charge >= 0.3 is 19.8 Å². The van der Waals surface area contributed by atoms with Gasteiger partial charge in [-0.15, -0.1) is 0 Å². The molecule has 0 saturated heterocycles. The summed E-state index contributed by atoms with van der Waals surface area (Å²) in [4.78, 5) is 13.8. The Morgan fingerprint density at radius 2 is 1.77 bits per heavy atom. The van der Waals surface area contributed by atoms with Gasteiger partial charge in [-0.05, 0) is 50.2 Å². The van der Waals surface area contributed by atoms with Crippen LogP contribution in [-0.4, -0.2) is 26.3 Å². The van der Waals surface area contributed by atoms with E-state index in [1.54, 1.807) is 19.9 Å². The molecule has 0 aliphatic heterocycles. The average molecular weight is 509 g/mol. The number of rotatable bonds is 7. The van der Waals surface area contributed by atoms with E-state index in [4.69, 9.17) is 9.05 Å². The lowest BCUT2D eigenvalue weighted by Crippen LogP contribution is -2.34. The van der Waals surface area contributed by atoms with Crippen LogP contribution in [0.5, 0.6) is 0 Å². The van der Waals surface area contributed by atoms with E-state index in [1.807, 2.05) is 0 Å². The average Bonchev–Trinajstić information content (AvgIpc) is 2.67. The number of hydrogen-bond donors (Lipinski definition) is 1. The Hall–Kier alpha value is -1.87. The Bertz CT molecular complexity index is 946. The number of anilines is 2. The van der Waals surface area contributed by atoms with Gasteiger partial charge in [0.15, 0.2) is 0 Å². The molecule has 0 atom stereocenters. The van der Waals surface area contributed by atoms with Crippen LogP contribution in [0, 0.1) is 0 Å². The van der Waals surface area contributed by atoms with Crippen molar-refractivity contribution < 1.29 is 31.6 Å². The second kappa shape index (κ2) is 9.96. The summed E-state index contributed by atoms with van der Waals surface area (Å²) in [5.74, 6) is 0. The third-order valence-electron chi connectivity index (χ3n) is 3.94. The monoisotopic (exact) mass is 508 g/mol. The minimum Gasteiger partial charge on any atom is -0.308 e. The molecular weight excluding hydrogens is 488 g/mol. The minimum atomic E-state index is -4.53. The zero-order valence-corrected chi connectivity index (χ0v) is 19.0. The molecular formula is C19H21BrF3N2O4P. The van der Waals surface area contributed by atoms with Crippen LogP contribution in [0.25, 0.3) is 0 Å². The van der Waals surface area contributed by atoms with Gasteiger partial charge in [-0.1, -0.05) is 22.0 Å². The first-order chi connectivity index (χ1) is 14.0. The molecule has 164 valence electrons. The molecule has 2 rings (SSSR count). The normalized spacial score (nSPS) is 12.0. The van der Waals surface area contributed by atoms with E-state index < -0.39 is 25.4 Å². The third kappa shape index (κ3) is 5.85. The van der Waals surface area contributed by atoms with Crippen LogP contribution < -0.4 is 15.5 Å². The predicted octanol–water partition coefficient (Wildman–Crippen LogP) is 6.03.